The van der Waals surface area contributed by atoms with Crippen LogP contribution >= 0.6 is 15.9 Å². The van der Waals surface area contributed by atoms with Crippen LogP contribution in [0.1, 0.15) is 59.0 Å². The van der Waals surface area contributed by atoms with Crippen molar-refractivity contribution in [2.24, 2.45) is 0 Å². The van der Waals surface area contributed by atoms with Gasteiger partial charge in [-0.2, -0.15) is 0 Å². The SMILES string of the molecule is O=C1c2ccccc2C(=O)N1CCCN(CCN1C(=O)c2ccccc2C1=O)Cc1ccc(CBr)cc1. The molecule has 0 atom stereocenters. The predicted molar refractivity (Wildman–Crippen MR) is 143 cm³/mol. The number of rotatable bonds is 10. The van der Waals surface area contributed by atoms with Gasteiger partial charge in [-0.25, -0.2) is 0 Å². The zero-order valence-electron chi connectivity index (χ0n) is 20.2. The maximum Gasteiger partial charge on any atom is 0.261 e. The fourth-order valence-electron chi connectivity index (χ4n) is 4.84. The minimum Gasteiger partial charge on any atom is -0.297 e. The molecule has 0 saturated carbocycles. The summed E-state index contributed by atoms with van der Waals surface area (Å²) in [5, 5.41) is 0.775. The first-order chi connectivity index (χ1) is 18.0. The second-order valence-corrected chi connectivity index (χ2v) is 9.76. The third kappa shape index (κ3) is 4.99. The Balaban J connectivity index is 1.25. The van der Waals surface area contributed by atoms with Crippen LogP contribution in [0.15, 0.2) is 72.8 Å². The first-order valence-corrected chi connectivity index (χ1v) is 13.4. The van der Waals surface area contributed by atoms with Crippen LogP contribution in [0.25, 0.3) is 0 Å². The van der Waals surface area contributed by atoms with Gasteiger partial charge in [-0.3, -0.25) is 33.9 Å². The van der Waals surface area contributed by atoms with E-state index in [4.69, 9.17) is 0 Å². The summed E-state index contributed by atoms with van der Waals surface area (Å²) in [5.74, 6) is -1.06. The van der Waals surface area contributed by atoms with E-state index in [0.29, 0.717) is 54.9 Å². The first-order valence-electron chi connectivity index (χ1n) is 12.2. The van der Waals surface area contributed by atoms with Crippen LogP contribution in [0.3, 0.4) is 0 Å². The molecule has 3 aromatic rings. The van der Waals surface area contributed by atoms with E-state index in [0.717, 1.165) is 10.9 Å². The summed E-state index contributed by atoms with van der Waals surface area (Å²) < 4.78 is 0. The van der Waals surface area contributed by atoms with Gasteiger partial charge in [0.1, 0.15) is 0 Å². The molecule has 3 aromatic carbocycles. The number of benzene rings is 3. The Morgan fingerprint density at radius 3 is 1.46 bits per heavy atom. The molecule has 0 aliphatic carbocycles. The van der Waals surface area contributed by atoms with Crippen LogP contribution in [0.4, 0.5) is 0 Å². The zero-order valence-corrected chi connectivity index (χ0v) is 21.8. The van der Waals surface area contributed by atoms with Gasteiger partial charge in [0.25, 0.3) is 23.6 Å². The quantitative estimate of drug-likeness (QED) is 0.272. The average molecular weight is 560 g/mol. The third-order valence-corrected chi connectivity index (χ3v) is 7.48. The topological polar surface area (TPSA) is 78.0 Å². The number of imide groups is 2. The van der Waals surface area contributed by atoms with Crippen LogP contribution in [0.5, 0.6) is 0 Å². The molecule has 2 aliphatic rings. The Bertz CT molecular complexity index is 1300. The molecule has 4 amide bonds. The van der Waals surface area contributed by atoms with Crippen molar-refractivity contribution in [1.82, 2.24) is 14.7 Å². The van der Waals surface area contributed by atoms with Crippen molar-refractivity contribution in [1.29, 1.82) is 0 Å². The van der Waals surface area contributed by atoms with E-state index in [-0.39, 0.29) is 30.2 Å². The summed E-state index contributed by atoms with van der Waals surface area (Å²) >= 11 is 3.47. The van der Waals surface area contributed by atoms with E-state index >= 15 is 0 Å². The lowest BCUT2D eigenvalue weighted by Crippen LogP contribution is -2.39. The molecule has 0 radical (unpaired) electrons. The second-order valence-electron chi connectivity index (χ2n) is 9.19. The molecule has 0 aromatic heterocycles. The summed E-state index contributed by atoms with van der Waals surface area (Å²) in [7, 11) is 0. The molecule has 0 N–H and O–H groups in total. The summed E-state index contributed by atoms with van der Waals surface area (Å²) in [5.41, 5.74) is 4.05. The number of fused-ring (bicyclic) bond motifs is 2. The predicted octanol–water partition coefficient (Wildman–Crippen LogP) is 4.37. The van der Waals surface area contributed by atoms with Gasteiger partial charge in [0, 0.05) is 38.1 Å². The molecule has 0 fully saturated rings. The normalized spacial score (nSPS) is 14.6. The van der Waals surface area contributed by atoms with E-state index in [1.807, 2.05) is 0 Å². The highest BCUT2D eigenvalue weighted by atomic mass is 79.9. The number of hydrogen-bond acceptors (Lipinski definition) is 5. The van der Waals surface area contributed by atoms with Gasteiger partial charge in [0.15, 0.2) is 0 Å². The summed E-state index contributed by atoms with van der Waals surface area (Å²) in [4.78, 5) is 55.8. The Hall–Kier alpha value is -3.62. The Labute approximate surface area is 223 Å². The van der Waals surface area contributed by atoms with Gasteiger partial charge in [0.05, 0.1) is 22.3 Å². The van der Waals surface area contributed by atoms with Crippen LogP contribution in [-0.2, 0) is 11.9 Å². The standard InChI is InChI=1S/C29H26BrN3O4/c30-18-20-10-12-21(13-11-20)19-31(16-17-33-28(36)24-8-3-4-9-25(24)29(33)37)14-5-15-32-26(34)22-6-1-2-7-23(22)27(32)35/h1-4,6-13H,5,14-19H2. The highest BCUT2D eigenvalue weighted by molar-refractivity contribution is 9.08. The molecule has 0 unspecified atom stereocenters. The van der Waals surface area contributed by atoms with Gasteiger partial charge in [-0.1, -0.05) is 64.5 Å². The van der Waals surface area contributed by atoms with Crippen molar-refractivity contribution in [2.75, 3.05) is 26.2 Å². The van der Waals surface area contributed by atoms with Crippen LogP contribution in [-0.4, -0.2) is 64.5 Å². The molecule has 0 spiro atoms. The van der Waals surface area contributed by atoms with Crippen LogP contribution in [0, 0.1) is 0 Å². The van der Waals surface area contributed by atoms with Crippen molar-refractivity contribution in [3.63, 3.8) is 0 Å². The smallest absolute Gasteiger partial charge is 0.261 e. The Morgan fingerprint density at radius 2 is 1.00 bits per heavy atom. The van der Waals surface area contributed by atoms with E-state index in [9.17, 15) is 19.2 Å². The third-order valence-electron chi connectivity index (χ3n) is 6.84. The zero-order chi connectivity index (χ0) is 25.9. The lowest BCUT2D eigenvalue weighted by atomic mass is 10.1. The monoisotopic (exact) mass is 559 g/mol. The van der Waals surface area contributed by atoms with E-state index in [1.165, 1.54) is 15.4 Å². The molecule has 0 bridgehead atoms. The number of hydrogen-bond donors (Lipinski definition) is 0. The molecular formula is C29H26BrN3O4. The minimum absolute atomic E-state index is 0.261. The van der Waals surface area contributed by atoms with Crippen LogP contribution < -0.4 is 0 Å². The number of carbonyl (C=O) groups excluding carboxylic acids is 4. The second kappa shape index (κ2) is 10.8. The van der Waals surface area contributed by atoms with Crippen molar-refractivity contribution in [2.45, 2.75) is 18.3 Å². The molecule has 8 heteroatoms. The number of nitrogens with zero attached hydrogens (tertiary/aromatic N) is 3. The van der Waals surface area contributed by atoms with Gasteiger partial charge >= 0.3 is 0 Å². The molecule has 37 heavy (non-hydrogen) atoms. The number of carbonyl (C=O) groups is 4. The van der Waals surface area contributed by atoms with Gasteiger partial charge < -0.3 is 0 Å². The van der Waals surface area contributed by atoms with E-state index in [2.05, 4.69) is 45.1 Å². The maximum absolute atomic E-state index is 12.8. The Kier molecular flexibility index (Phi) is 7.30. The average Bonchev–Trinajstić information content (AvgIpc) is 3.32. The van der Waals surface area contributed by atoms with Crippen molar-refractivity contribution >= 4 is 39.6 Å². The summed E-state index contributed by atoms with van der Waals surface area (Å²) in [6, 6.07) is 22.0. The largest absolute Gasteiger partial charge is 0.297 e. The number of amides is 4. The molecule has 5 rings (SSSR count). The highest BCUT2D eigenvalue weighted by Gasteiger charge is 2.36. The fraction of sp³-hybridized carbons (Fsp3) is 0.241. The molecule has 188 valence electrons. The molecule has 2 aliphatic heterocycles. The molecule has 0 saturated heterocycles. The first kappa shape index (κ1) is 25.0. The molecule has 7 nitrogen and oxygen atoms in total. The van der Waals surface area contributed by atoms with Crippen molar-refractivity contribution in [3.05, 3.63) is 106 Å². The fourth-order valence-corrected chi connectivity index (χ4v) is 5.21. The lowest BCUT2D eigenvalue weighted by Gasteiger charge is -2.26. The lowest BCUT2D eigenvalue weighted by molar-refractivity contribution is 0.0608. The van der Waals surface area contributed by atoms with Crippen LogP contribution in [0.2, 0.25) is 0 Å². The van der Waals surface area contributed by atoms with Crippen molar-refractivity contribution < 1.29 is 19.2 Å². The number of alkyl halides is 1. The highest BCUT2D eigenvalue weighted by Crippen LogP contribution is 2.24. The maximum atomic E-state index is 12.8. The van der Waals surface area contributed by atoms with Crippen molar-refractivity contribution in [3.8, 4) is 0 Å². The Morgan fingerprint density at radius 1 is 0.568 bits per heavy atom. The molecular weight excluding hydrogens is 534 g/mol. The summed E-state index contributed by atoms with van der Waals surface area (Å²) in [6.45, 7) is 2.26. The number of halogens is 1. The van der Waals surface area contributed by atoms with Gasteiger partial charge in [-0.05, 0) is 41.8 Å². The van der Waals surface area contributed by atoms with Gasteiger partial charge in [0.2, 0.25) is 0 Å². The minimum atomic E-state index is -0.270. The molecule has 2 heterocycles. The summed E-state index contributed by atoms with van der Waals surface area (Å²) in [6.07, 6.45) is 0.576. The van der Waals surface area contributed by atoms with E-state index in [1.54, 1.807) is 48.5 Å². The van der Waals surface area contributed by atoms with E-state index < -0.39 is 0 Å². The van der Waals surface area contributed by atoms with Gasteiger partial charge in [-0.15, -0.1) is 0 Å².